The molecule has 0 aliphatic carbocycles. The topological polar surface area (TPSA) is 121 Å². The summed E-state index contributed by atoms with van der Waals surface area (Å²) in [4.78, 5) is 27.8. The van der Waals surface area contributed by atoms with Crippen LogP contribution in [0.15, 0.2) is 63.0 Å². The van der Waals surface area contributed by atoms with Crippen molar-refractivity contribution in [3.05, 3.63) is 85.6 Å². The van der Waals surface area contributed by atoms with E-state index in [9.17, 15) is 22.4 Å². The Kier molecular flexibility index (Phi) is 5.73. The van der Waals surface area contributed by atoms with Gasteiger partial charge in [0.15, 0.2) is 11.6 Å². The third kappa shape index (κ3) is 4.35. The van der Waals surface area contributed by atoms with E-state index >= 15 is 0 Å². The number of anilines is 1. The number of hydrogen-bond acceptors (Lipinski definition) is 5. The molecule has 4 rings (SSSR count). The molecule has 33 heavy (non-hydrogen) atoms. The molecule has 0 atom stereocenters. The molecule has 170 valence electrons. The highest BCUT2D eigenvalue weighted by Gasteiger charge is 2.19. The Morgan fingerprint density at radius 1 is 0.970 bits per heavy atom. The van der Waals surface area contributed by atoms with E-state index in [1.807, 2.05) is 0 Å². The zero-order valence-electron chi connectivity index (χ0n) is 17.3. The smallest absolute Gasteiger partial charge is 0.314 e. The number of aryl methyl sites for hydroxylation is 1. The predicted octanol–water partition coefficient (Wildman–Crippen LogP) is 3.79. The molecule has 0 saturated carbocycles. The van der Waals surface area contributed by atoms with Gasteiger partial charge in [0.2, 0.25) is 0 Å². The van der Waals surface area contributed by atoms with Gasteiger partial charge in [-0.15, -0.1) is 0 Å². The van der Waals surface area contributed by atoms with Crippen LogP contribution in [0.2, 0.25) is 5.02 Å². The minimum absolute atomic E-state index is 0.0878. The molecule has 3 N–H and O–H groups in total. The summed E-state index contributed by atoms with van der Waals surface area (Å²) in [5.41, 5.74) is 0.291. The third-order valence-corrected chi connectivity index (χ3v) is 6.83. The Labute approximate surface area is 192 Å². The highest BCUT2D eigenvalue weighted by Crippen LogP contribution is 2.33. The molecule has 0 saturated heterocycles. The first-order valence-electron chi connectivity index (χ1n) is 9.52. The lowest BCUT2D eigenvalue weighted by Crippen LogP contribution is -2.29. The van der Waals surface area contributed by atoms with Crippen molar-refractivity contribution in [2.75, 3.05) is 11.8 Å². The molecular formula is C22H17ClFN3O5S. The Bertz CT molecular complexity index is 1630. The molecule has 8 nitrogen and oxygen atoms in total. The fraction of sp³-hybridized carbons (Fsp3) is 0.0909. The van der Waals surface area contributed by atoms with Gasteiger partial charge in [-0.3, -0.25) is 14.3 Å². The number of rotatable bonds is 5. The van der Waals surface area contributed by atoms with Crippen LogP contribution in [0.5, 0.6) is 5.75 Å². The first kappa shape index (κ1) is 22.6. The van der Waals surface area contributed by atoms with Crippen LogP contribution in [0, 0.1) is 12.7 Å². The number of halogens is 2. The molecule has 0 aliphatic heterocycles. The summed E-state index contributed by atoms with van der Waals surface area (Å²) in [7, 11) is -2.71. The van der Waals surface area contributed by atoms with Gasteiger partial charge in [0.25, 0.3) is 10.0 Å². The lowest BCUT2D eigenvalue weighted by atomic mass is 10.0. The largest absolute Gasteiger partial charge is 0.494 e. The molecule has 11 heteroatoms. The minimum Gasteiger partial charge on any atom is -0.494 e. The van der Waals surface area contributed by atoms with Gasteiger partial charge in [-0.2, -0.15) is 0 Å². The highest BCUT2D eigenvalue weighted by molar-refractivity contribution is 7.92. The van der Waals surface area contributed by atoms with Crippen molar-refractivity contribution in [2.45, 2.75) is 11.8 Å². The van der Waals surface area contributed by atoms with Gasteiger partial charge < -0.3 is 14.7 Å². The quantitative estimate of drug-likeness (QED) is 0.368. The second-order valence-electron chi connectivity index (χ2n) is 7.22. The highest BCUT2D eigenvalue weighted by atomic mass is 35.5. The maximum atomic E-state index is 14.1. The lowest BCUT2D eigenvalue weighted by molar-refractivity contribution is 0.386. The zero-order valence-corrected chi connectivity index (χ0v) is 18.9. The monoisotopic (exact) mass is 489 g/mol. The van der Waals surface area contributed by atoms with Crippen LogP contribution in [-0.2, 0) is 10.0 Å². The van der Waals surface area contributed by atoms with Gasteiger partial charge in [-0.1, -0.05) is 23.7 Å². The van der Waals surface area contributed by atoms with E-state index in [-0.39, 0.29) is 26.9 Å². The lowest BCUT2D eigenvalue weighted by Gasteiger charge is -2.13. The van der Waals surface area contributed by atoms with Crippen molar-refractivity contribution < 1.29 is 17.5 Å². The van der Waals surface area contributed by atoms with Gasteiger partial charge in [0.05, 0.1) is 33.7 Å². The third-order valence-electron chi connectivity index (χ3n) is 4.99. The number of nitrogens with one attached hydrogen (secondary N) is 3. The van der Waals surface area contributed by atoms with Crippen molar-refractivity contribution in [1.29, 1.82) is 0 Å². The first-order chi connectivity index (χ1) is 15.6. The summed E-state index contributed by atoms with van der Waals surface area (Å²) < 4.78 is 47.4. The molecule has 4 aromatic rings. The SMILES string of the molecule is COc1ccc(-c2ccc(NS(=O)(=O)c3cc4[nH]c(=O)c(=O)[nH]c4cc3C)cc2Cl)cc1F. The van der Waals surface area contributed by atoms with Crippen LogP contribution in [0.3, 0.4) is 0 Å². The van der Waals surface area contributed by atoms with Crippen molar-refractivity contribution in [2.24, 2.45) is 0 Å². The van der Waals surface area contributed by atoms with Crippen molar-refractivity contribution >= 4 is 38.3 Å². The molecule has 0 spiro atoms. The number of hydrogen-bond donors (Lipinski definition) is 3. The molecule has 0 aliphatic rings. The average molecular weight is 490 g/mol. The molecule has 0 radical (unpaired) electrons. The van der Waals surface area contributed by atoms with Gasteiger partial charge in [-0.25, -0.2) is 12.8 Å². The molecule has 3 aromatic carbocycles. The first-order valence-corrected chi connectivity index (χ1v) is 11.4. The summed E-state index contributed by atoms with van der Waals surface area (Å²) in [6, 6.07) is 11.6. The number of aromatic nitrogens is 2. The van der Waals surface area contributed by atoms with E-state index in [0.717, 1.165) is 0 Å². The Morgan fingerprint density at radius 3 is 2.24 bits per heavy atom. The van der Waals surface area contributed by atoms with Gasteiger partial charge in [0.1, 0.15) is 0 Å². The van der Waals surface area contributed by atoms with Crippen LogP contribution in [0.4, 0.5) is 10.1 Å². The second kappa shape index (κ2) is 8.38. The Hall–Kier alpha value is -3.63. The standard InChI is InChI=1S/C22H17ClFN3O5S/c1-11-7-17-18(26-22(29)21(28)25-17)10-20(11)33(30,31)27-13-4-5-14(15(23)9-13)12-3-6-19(32-2)16(24)8-12/h3-10,27H,1-2H3,(H,25,28)(H,26,29). The van der Waals surface area contributed by atoms with Crippen LogP contribution in [0.1, 0.15) is 5.56 Å². The van der Waals surface area contributed by atoms with Gasteiger partial charge in [0, 0.05) is 5.56 Å². The van der Waals surface area contributed by atoms with E-state index in [0.29, 0.717) is 22.2 Å². The molecule has 0 bridgehead atoms. The Balaban J connectivity index is 1.69. The summed E-state index contributed by atoms with van der Waals surface area (Å²) in [6.07, 6.45) is 0. The van der Waals surface area contributed by atoms with Crippen LogP contribution < -0.4 is 20.6 Å². The van der Waals surface area contributed by atoms with E-state index < -0.39 is 27.0 Å². The summed E-state index contributed by atoms with van der Waals surface area (Å²) in [6.45, 7) is 1.56. The fourth-order valence-electron chi connectivity index (χ4n) is 3.40. The maximum absolute atomic E-state index is 14.1. The van der Waals surface area contributed by atoms with E-state index in [2.05, 4.69) is 14.7 Å². The number of benzene rings is 3. The zero-order chi connectivity index (χ0) is 23.9. The van der Waals surface area contributed by atoms with Gasteiger partial charge in [-0.05, 0) is 54.4 Å². The predicted molar refractivity (Wildman–Crippen MR) is 124 cm³/mol. The number of fused-ring (bicyclic) bond motifs is 1. The second-order valence-corrected chi connectivity index (χ2v) is 9.28. The number of methoxy groups -OCH3 is 1. The van der Waals surface area contributed by atoms with E-state index in [1.165, 1.54) is 43.5 Å². The maximum Gasteiger partial charge on any atom is 0.314 e. The molecule has 1 heterocycles. The molecule has 0 unspecified atom stereocenters. The molecule has 0 fully saturated rings. The average Bonchev–Trinajstić information content (AvgIpc) is 2.74. The number of aromatic amines is 2. The number of ether oxygens (including phenoxy) is 1. The summed E-state index contributed by atoms with van der Waals surface area (Å²) in [5, 5.41) is 0.205. The molecular weight excluding hydrogens is 473 g/mol. The van der Waals surface area contributed by atoms with Crippen LogP contribution in [-0.4, -0.2) is 25.5 Å². The number of H-pyrrole nitrogens is 2. The molecule has 1 aromatic heterocycles. The van der Waals surface area contributed by atoms with E-state index in [1.54, 1.807) is 19.1 Å². The fourth-order valence-corrected chi connectivity index (χ4v) is 4.99. The Morgan fingerprint density at radius 2 is 1.64 bits per heavy atom. The summed E-state index contributed by atoms with van der Waals surface area (Å²) >= 11 is 6.34. The van der Waals surface area contributed by atoms with Crippen LogP contribution in [0.25, 0.3) is 22.2 Å². The van der Waals surface area contributed by atoms with Crippen molar-refractivity contribution in [1.82, 2.24) is 9.97 Å². The minimum atomic E-state index is -4.07. The summed E-state index contributed by atoms with van der Waals surface area (Å²) in [5.74, 6) is -0.461. The number of sulfonamides is 1. The van der Waals surface area contributed by atoms with Gasteiger partial charge >= 0.3 is 11.1 Å². The van der Waals surface area contributed by atoms with E-state index in [4.69, 9.17) is 16.3 Å². The van der Waals surface area contributed by atoms with Crippen molar-refractivity contribution in [3.63, 3.8) is 0 Å². The van der Waals surface area contributed by atoms with Crippen molar-refractivity contribution in [3.8, 4) is 16.9 Å². The normalized spacial score (nSPS) is 11.5. The molecule has 0 amide bonds. The van der Waals surface area contributed by atoms with Crippen LogP contribution >= 0.6 is 11.6 Å².